The first-order valence-electron chi connectivity index (χ1n) is 6.77. The van der Waals surface area contributed by atoms with Crippen LogP contribution in [0, 0.1) is 6.92 Å². The van der Waals surface area contributed by atoms with Gasteiger partial charge in [0, 0.05) is 19.8 Å². The molecule has 0 amide bonds. The number of phenolic OH excluding ortho intramolecular Hbond substituents is 1. The second-order valence-electron chi connectivity index (χ2n) is 5.20. The average Bonchev–Trinajstić information content (AvgIpc) is 2.47. The number of aryl methyl sites for hydroxylation is 1. The van der Waals surface area contributed by atoms with Crippen LogP contribution in [0.25, 0.3) is 6.08 Å². The highest BCUT2D eigenvalue weighted by molar-refractivity contribution is 6.08. The summed E-state index contributed by atoms with van der Waals surface area (Å²) in [7, 11) is 3.96. The van der Waals surface area contributed by atoms with Crippen molar-refractivity contribution < 1.29 is 9.90 Å². The maximum Gasteiger partial charge on any atom is 0.189 e. The maximum absolute atomic E-state index is 12.1. The number of rotatable bonds is 4. The van der Waals surface area contributed by atoms with E-state index in [1.165, 1.54) is 6.08 Å². The Balaban J connectivity index is 2.16. The van der Waals surface area contributed by atoms with E-state index in [4.69, 9.17) is 0 Å². The van der Waals surface area contributed by atoms with E-state index < -0.39 is 0 Å². The zero-order valence-corrected chi connectivity index (χ0v) is 12.5. The summed E-state index contributed by atoms with van der Waals surface area (Å²) < 4.78 is 0. The summed E-state index contributed by atoms with van der Waals surface area (Å²) in [5, 5.41) is 9.74. The van der Waals surface area contributed by atoms with Gasteiger partial charge in [0.1, 0.15) is 5.75 Å². The number of allylic oxidation sites excluding steroid dienone is 1. The minimum absolute atomic E-state index is 0.0122. The first-order chi connectivity index (χ1) is 9.97. The van der Waals surface area contributed by atoms with Crippen LogP contribution in [0.2, 0.25) is 0 Å². The van der Waals surface area contributed by atoms with E-state index in [1.807, 2.05) is 50.2 Å². The molecule has 0 spiro atoms. The molecule has 2 rings (SSSR count). The van der Waals surface area contributed by atoms with Gasteiger partial charge >= 0.3 is 0 Å². The minimum Gasteiger partial charge on any atom is -0.507 e. The molecule has 0 aliphatic heterocycles. The van der Waals surface area contributed by atoms with Gasteiger partial charge in [-0.1, -0.05) is 29.8 Å². The van der Waals surface area contributed by atoms with E-state index in [0.717, 1.165) is 16.8 Å². The Hall–Kier alpha value is -2.55. The normalized spacial score (nSPS) is 10.8. The highest BCUT2D eigenvalue weighted by Crippen LogP contribution is 2.20. The zero-order valence-electron chi connectivity index (χ0n) is 12.5. The van der Waals surface area contributed by atoms with E-state index in [0.29, 0.717) is 5.56 Å². The van der Waals surface area contributed by atoms with Crippen molar-refractivity contribution in [1.29, 1.82) is 0 Å². The Morgan fingerprint density at radius 3 is 2.38 bits per heavy atom. The quantitative estimate of drug-likeness (QED) is 0.686. The van der Waals surface area contributed by atoms with Gasteiger partial charge in [-0.2, -0.15) is 0 Å². The molecule has 2 aromatic carbocycles. The van der Waals surface area contributed by atoms with Crippen molar-refractivity contribution in [3.05, 3.63) is 65.2 Å². The van der Waals surface area contributed by atoms with Crippen LogP contribution in [0.15, 0.2) is 48.5 Å². The summed E-state index contributed by atoms with van der Waals surface area (Å²) in [6, 6.07) is 12.9. The minimum atomic E-state index is -0.201. The third-order valence-electron chi connectivity index (χ3n) is 3.25. The number of hydrogen-bond acceptors (Lipinski definition) is 3. The van der Waals surface area contributed by atoms with Gasteiger partial charge in [-0.05, 0) is 42.8 Å². The van der Waals surface area contributed by atoms with Gasteiger partial charge in [-0.15, -0.1) is 0 Å². The van der Waals surface area contributed by atoms with E-state index in [9.17, 15) is 9.90 Å². The molecule has 0 aliphatic rings. The molecule has 0 aromatic heterocycles. The number of phenols is 1. The standard InChI is InChI=1S/C18H19NO2/c1-13-4-10-17(20)16(12-13)18(21)11-7-14-5-8-15(9-6-14)19(2)3/h4-12,20H,1-3H3/b11-7+. The van der Waals surface area contributed by atoms with Gasteiger partial charge < -0.3 is 10.0 Å². The van der Waals surface area contributed by atoms with Crippen molar-refractivity contribution >= 4 is 17.5 Å². The number of ketones is 1. The fourth-order valence-corrected chi connectivity index (χ4v) is 1.99. The number of hydrogen-bond donors (Lipinski definition) is 1. The molecule has 0 heterocycles. The molecule has 0 saturated heterocycles. The molecule has 0 atom stereocenters. The van der Waals surface area contributed by atoms with E-state index in [2.05, 4.69) is 0 Å². The summed E-state index contributed by atoms with van der Waals surface area (Å²) in [5.74, 6) is -0.189. The van der Waals surface area contributed by atoms with Gasteiger partial charge in [0.05, 0.1) is 5.56 Å². The molecular formula is C18H19NO2. The Morgan fingerprint density at radius 1 is 1.10 bits per heavy atom. The second-order valence-corrected chi connectivity index (χ2v) is 5.20. The van der Waals surface area contributed by atoms with Crippen LogP contribution in [0.3, 0.4) is 0 Å². The average molecular weight is 281 g/mol. The Kier molecular flexibility index (Phi) is 4.43. The monoisotopic (exact) mass is 281 g/mol. The summed E-state index contributed by atoms with van der Waals surface area (Å²) in [6.45, 7) is 1.89. The predicted octanol–water partition coefficient (Wildman–Crippen LogP) is 3.66. The van der Waals surface area contributed by atoms with Gasteiger partial charge in [-0.25, -0.2) is 0 Å². The number of carbonyl (C=O) groups excluding carboxylic acids is 1. The van der Waals surface area contributed by atoms with Crippen LogP contribution in [0.5, 0.6) is 5.75 Å². The molecule has 21 heavy (non-hydrogen) atoms. The summed E-state index contributed by atoms with van der Waals surface area (Å²) in [5.41, 5.74) is 3.33. The molecule has 0 unspecified atom stereocenters. The van der Waals surface area contributed by atoms with Crippen molar-refractivity contribution in [1.82, 2.24) is 0 Å². The first kappa shape index (κ1) is 14.9. The van der Waals surface area contributed by atoms with Crippen molar-refractivity contribution in [2.45, 2.75) is 6.92 Å². The van der Waals surface area contributed by atoms with Gasteiger partial charge in [0.2, 0.25) is 0 Å². The lowest BCUT2D eigenvalue weighted by Crippen LogP contribution is -2.07. The third-order valence-corrected chi connectivity index (χ3v) is 3.25. The summed E-state index contributed by atoms with van der Waals surface area (Å²) >= 11 is 0. The molecule has 3 nitrogen and oxygen atoms in total. The lowest BCUT2D eigenvalue weighted by molar-refractivity contribution is 0.104. The van der Waals surface area contributed by atoms with Crippen molar-refractivity contribution in [3.63, 3.8) is 0 Å². The molecular weight excluding hydrogens is 262 g/mol. The number of carbonyl (C=O) groups is 1. The van der Waals surface area contributed by atoms with E-state index >= 15 is 0 Å². The van der Waals surface area contributed by atoms with E-state index in [-0.39, 0.29) is 11.5 Å². The fourth-order valence-electron chi connectivity index (χ4n) is 1.99. The zero-order chi connectivity index (χ0) is 15.4. The number of nitrogens with zero attached hydrogens (tertiary/aromatic N) is 1. The van der Waals surface area contributed by atoms with Crippen LogP contribution in [-0.2, 0) is 0 Å². The first-order valence-corrected chi connectivity index (χ1v) is 6.77. The lowest BCUT2D eigenvalue weighted by Gasteiger charge is -2.11. The Morgan fingerprint density at radius 2 is 1.76 bits per heavy atom. The number of benzene rings is 2. The molecule has 3 heteroatoms. The van der Waals surface area contributed by atoms with Crippen molar-refractivity contribution in [2.75, 3.05) is 19.0 Å². The third kappa shape index (κ3) is 3.72. The largest absolute Gasteiger partial charge is 0.507 e. The van der Waals surface area contributed by atoms with E-state index in [1.54, 1.807) is 24.3 Å². The van der Waals surface area contributed by atoms with Gasteiger partial charge in [0.15, 0.2) is 5.78 Å². The second kappa shape index (κ2) is 6.27. The number of aromatic hydroxyl groups is 1. The smallest absolute Gasteiger partial charge is 0.189 e. The molecule has 0 aliphatic carbocycles. The molecule has 0 saturated carbocycles. The van der Waals surface area contributed by atoms with Gasteiger partial charge in [0.25, 0.3) is 0 Å². The molecule has 0 bridgehead atoms. The van der Waals surface area contributed by atoms with Crippen LogP contribution in [0.4, 0.5) is 5.69 Å². The molecule has 108 valence electrons. The fraction of sp³-hybridized carbons (Fsp3) is 0.167. The molecule has 1 N–H and O–H groups in total. The van der Waals surface area contributed by atoms with Crippen LogP contribution in [0.1, 0.15) is 21.5 Å². The Labute approximate surface area is 125 Å². The summed E-state index contributed by atoms with van der Waals surface area (Å²) in [4.78, 5) is 14.1. The highest BCUT2D eigenvalue weighted by Gasteiger charge is 2.08. The van der Waals surface area contributed by atoms with Crippen LogP contribution >= 0.6 is 0 Å². The highest BCUT2D eigenvalue weighted by atomic mass is 16.3. The van der Waals surface area contributed by atoms with Crippen molar-refractivity contribution in [2.24, 2.45) is 0 Å². The van der Waals surface area contributed by atoms with Gasteiger partial charge in [-0.3, -0.25) is 4.79 Å². The lowest BCUT2D eigenvalue weighted by atomic mass is 10.1. The van der Waals surface area contributed by atoms with Crippen LogP contribution in [-0.4, -0.2) is 25.0 Å². The number of anilines is 1. The SMILES string of the molecule is Cc1ccc(O)c(C(=O)/C=C/c2ccc(N(C)C)cc2)c1. The van der Waals surface area contributed by atoms with Crippen LogP contribution < -0.4 is 4.90 Å². The predicted molar refractivity (Wildman–Crippen MR) is 87.0 cm³/mol. The Bertz CT molecular complexity index is 670. The molecule has 2 aromatic rings. The maximum atomic E-state index is 12.1. The van der Waals surface area contributed by atoms with Crippen molar-refractivity contribution in [3.8, 4) is 5.75 Å². The summed E-state index contributed by atoms with van der Waals surface area (Å²) in [6.07, 6.45) is 3.24. The topological polar surface area (TPSA) is 40.5 Å². The molecule has 0 fully saturated rings. The molecule has 0 radical (unpaired) electrons.